The fourth-order valence-electron chi connectivity index (χ4n) is 1.15. The Morgan fingerprint density at radius 2 is 2.50 bits per heavy atom. The Morgan fingerprint density at radius 1 is 1.70 bits per heavy atom. The fraction of sp³-hybridized carbons (Fsp3) is 0.556. The Kier molecular flexibility index (Phi) is 2.69. The maximum Gasteiger partial charge on any atom is 0.0678 e. The van der Waals surface area contributed by atoms with Gasteiger partial charge in [0.2, 0.25) is 0 Å². The van der Waals surface area contributed by atoms with Gasteiger partial charge in [-0.25, -0.2) is 0 Å². The normalized spacial score (nSPS) is 24.6. The minimum atomic E-state index is 0.671. The van der Waals surface area contributed by atoms with Gasteiger partial charge >= 0.3 is 0 Å². The monoisotopic (exact) mass is 138 g/mol. The smallest absolute Gasteiger partial charge is 0.0678 e. The average Bonchev–Trinajstić information content (AvgIpc) is 1.94. The first-order valence-corrected chi connectivity index (χ1v) is 3.69. The Hall–Kier alpha value is -0.560. The van der Waals surface area contributed by atoms with Crippen LogP contribution in [0.4, 0.5) is 0 Å². The molecule has 0 N–H and O–H groups in total. The zero-order chi connectivity index (χ0) is 7.40. The van der Waals surface area contributed by atoms with Gasteiger partial charge in [0.05, 0.1) is 6.61 Å². The highest BCUT2D eigenvalue weighted by molar-refractivity contribution is 5.20. The van der Waals surface area contributed by atoms with Gasteiger partial charge in [0.1, 0.15) is 0 Å². The van der Waals surface area contributed by atoms with E-state index in [1.165, 1.54) is 5.57 Å². The van der Waals surface area contributed by atoms with Crippen molar-refractivity contribution < 1.29 is 4.74 Å². The van der Waals surface area contributed by atoms with E-state index in [-0.39, 0.29) is 0 Å². The Morgan fingerprint density at radius 3 is 3.10 bits per heavy atom. The molecule has 56 valence electrons. The minimum absolute atomic E-state index is 0.671. The summed E-state index contributed by atoms with van der Waals surface area (Å²) >= 11 is 0. The molecule has 0 heterocycles. The van der Waals surface area contributed by atoms with Crippen LogP contribution in [0.1, 0.15) is 13.3 Å². The van der Waals surface area contributed by atoms with Gasteiger partial charge in [0, 0.05) is 7.11 Å². The largest absolute Gasteiger partial charge is 0.380 e. The summed E-state index contributed by atoms with van der Waals surface area (Å²) in [6.45, 7) is 3.01. The van der Waals surface area contributed by atoms with Crippen LogP contribution in [0, 0.1) is 5.92 Å². The van der Waals surface area contributed by atoms with Gasteiger partial charge in [-0.15, -0.1) is 0 Å². The first-order chi connectivity index (χ1) is 4.84. The van der Waals surface area contributed by atoms with Crippen LogP contribution in [0.5, 0.6) is 0 Å². The van der Waals surface area contributed by atoms with Crippen molar-refractivity contribution >= 4 is 0 Å². The predicted octanol–water partition coefficient (Wildman–Crippen LogP) is 2.16. The number of methoxy groups -OCH3 is 1. The van der Waals surface area contributed by atoms with Gasteiger partial charge < -0.3 is 4.74 Å². The summed E-state index contributed by atoms with van der Waals surface area (Å²) in [7, 11) is 1.74. The van der Waals surface area contributed by atoms with Crippen LogP contribution >= 0.6 is 0 Å². The molecule has 1 nitrogen and oxygen atoms in total. The third-order valence-electron chi connectivity index (χ3n) is 1.88. The molecule has 0 saturated heterocycles. The standard InChI is InChI=1S/C9H14O/c1-8-5-3-4-6-9(8)7-10-2/h3-4,6,8H,5,7H2,1-2H3. The molecule has 1 unspecified atom stereocenters. The summed E-state index contributed by atoms with van der Waals surface area (Å²) in [6.07, 6.45) is 7.62. The molecule has 0 radical (unpaired) electrons. The molecule has 10 heavy (non-hydrogen) atoms. The topological polar surface area (TPSA) is 9.23 Å². The Balaban J connectivity index is 2.52. The highest BCUT2D eigenvalue weighted by Crippen LogP contribution is 2.19. The lowest BCUT2D eigenvalue weighted by atomic mass is 9.94. The molecule has 1 atom stereocenters. The second kappa shape index (κ2) is 3.57. The minimum Gasteiger partial charge on any atom is -0.380 e. The van der Waals surface area contributed by atoms with Gasteiger partial charge in [-0.05, 0) is 17.9 Å². The Bertz CT molecular complexity index is 156. The molecular weight excluding hydrogens is 124 g/mol. The van der Waals surface area contributed by atoms with E-state index in [9.17, 15) is 0 Å². The molecule has 1 aliphatic rings. The Labute approximate surface area is 62.4 Å². The molecular formula is C9H14O. The third-order valence-corrected chi connectivity index (χ3v) is 1.88. The molecule has 0 amide bonds. The predicted molar refractivity (Wildman–Crippen MR) is 42.9 cm³/mol. The van der Waals surface area contributed by atoms with Gasteiger partial charge in [-0.3, -0.25) is 0 Å². The number of ether oxygens (including phenoxy) is 1. The van der Waals surface area contributed by atoms with Crippen molar-refractivity contribution in [2.45, 2.75) is 13.3 Å². The molecule has 0 spiro atoms. The van der Waals surface area contributed by atoms with Gasteiger partial charge in [-0.2, -0.15) is 0 Å². The number of rotatable bonds is 2. The first kappa shape index (κ1) is 7.55. The van der Waals surface area contributed by atoms with Crippen LogP contribution in [-0.4, -0.2) is 13.7 Å². The summed E-state index contributed by atoms with van der Waals surface area (Å²) in [5.41, 5.74) is 1.41. The van der Waals surface area contributed by atoms with E-state index in [1.54, 1.807) is 7.11 Å². The molecule has 1 aliphatic carbocycles. The lowest BCUT2D eigenvalue weighted by Gasteiger charge is -2.15. The van der Waals surface area contributed by atoms with Crippen LogP contribution in [-0.2, 0) is 4.74 Å². The number of allylic oxidation sites excluding steroid dienone is 3. The highest BCUT2D eigenvalue weighted by Gasteiger charge is 2.08. The number of hydrogen-bond donors (Lipinski definition) is 0. The van der Waals surface area contributed by atoms with Gasteiger partial charge in [0.15, 0.2) is 0 Å². The maximum atomic E-state index is 5.05. The van der Waals surface area contributed by atoms with Crippen molar-refractivity contribution in [3.8, 4) is 0 Å². The lowest BCUT2D eigenvalue weighted by molar-refractivity contribution is 0.217. The average molecular weight is 138 g/mol. The van der Waals surface area contributed by atoms with Gasteiger partial charge in [0.25, 0.3) is 0 Å². The molecule has 0 bridgehead atoms. The van der Waals surface area contributed by atoms with E-state index in [1.807, 2.05) is 0 Å². The van der Waals surface area contributed by atoms with Crippen LogP contribution in [0.15, 0.2) is 23.8 Å². The molecule has 0 aromatic carbocycles. The summed E-state index contributed by atoms with van der Waals surface area (Å²) in [5.74, 6) is 0.671. The zero-order valence-corrected chi connectivity index (χ0v) is 6.63. The summed E-state index contributed by atoms with van der Waals surface area (Å²) in [6, 6.07) is 0. The molecule has 1 rings (SSSR count). The van der Waals surface area contributed by atoms with Crippen molar-refractivity contribution in [3.63, 3.8) is 0 Å². The van der Waals surface area contributed by atoms with E-state index in [4.69, 9.17) is 4.74 Å². The molecule has 0 saturated carbocycles. The summed E-state index contributed by atoms with van der Waals surface area (Å²) in [4.78, 5) is 0. The number of hydrogen-bond acceptors (Lipinski definition) is 1. The van der Waals surface area contributed by atoms with Crippen molar-refractivity contribution in [1.29, 1.82) is 0 Å². The van der Waals surface area contributed by atoms with Crippen molar-refractivity contribution in [2.24, 2.45) is 5.92 Å². The molecule has 0 aromatic heterocycles. The van der Waals surface area contributed by atoms with Crippen LogP contribution in [0.2, 0.25) is 0 Å². The fourth-order valence-corrected chi connectivity index (χ4v) is 1.15. The van der Waals surface area contributed by atoms with Crippen molar-refractivity contribution in [1.82, 2.24) is 0 Å². The molecule has 0 fully saturated rings. The summed E-state index contributed by atoms with van der Waals surface area (Å²) in [5, 5.41) is 0. The van der Waals surface area contributed by atoms with Crippen LogP contribution in [0.25, 0.3) is 0 Å². The van der Waals surface area contributed by atoms with Crippen molar-refractivity contribution in [2.75, 3.05) is 13.7 Å². The van der Waals surface area contributed by atoms with Crippen LogP contribution in [0.3, 0.4) is 0 Å². The van der Waals surface area contributed by atoms with E-state index < -0.39 is 0 Å². The third kappa shape index (κ3) is 1.71. The van der Waals surface area contributed by atoms with E-state index in [0.717, 1.165) is 13.0 Å². The molecule has 0 aromatic rings. The van der Waals surface area contributed by atoms with Crippen molar-refractivity contribution in [3.05, 3.63) is 23.8 Å². The molecule has 1 heteroatoms. The SMILES string of the molecule is COCC1=CC=CCC1C. The summed E-state index contributed by atoms with van der Waals surface area (Å²) < 4.78 is 5.05. The second-order valence-electron chi connectivity index (χ2n) is 2.74. The van der Waals surface area contributed by atoms with Crippen LogP contribution < -0.4 is 0 Å². The zero-order valence-electron chi connectivity index (χ0n) is 6.63. The van der Waals surface area contributed by atoms with E-state index >= 15 is 0 Å². The van der Waals surface area contributed by atoms with E-state index in [2.05, 4.69) is 25.2 Å². The highest BCUT2D eigenvalue weighted by atomic mass is 16.5. The van der Waals surface area contributed by atoms with Gasteiger partial charge in [-0.1, -0.05) is 25.2 Å². The first-order valence-electron chi connectivity index (χ1n) is 3.69. The molecule has 0 aliphatic heterocycles. The van der Waals surface area contributed by atoms with E-state index in [0.29, 0.717) is 5.92 Å². The maximum absolute atomic E-state index is 5.05. The lowest BCUT2D eigenvalue weighted by Crippen LogP contribution is -2.06. The second-order valence-corrected chi connectivity index (χ2v) is 2.74. The quantitative estimate of drug-likeness (QED) is 0.568.